The average Bonchev–Trinajstić information content (AvgIpc) is 2.78. The Morgan fingerprint density at radius 2 is 2.25 bits per heavy atom. The van der Waals surface area contributed by atoms with Gasteiger partial charge in [-0.1, -0.05) is 6.42 Å². The number of anilines is 1. The van der Waals surface area contributed by atoms with Crippen molar-refractivity contribution >= 4 is 11.9 Å². The van der Waals surface area contributed by atoms with Crippen LogP contribution in [0.15, 0.2) is 16.9 Å². The molecule has 0 aliphatic heterocycles. The summed E-state index contributed by atoms with van der Waals surface area (Å²) in [5.41, 5.74) is -0.131. The molecule has 0 spiro atoms. The third kappa shape index (κ3) is 2.31. The minimum Gasteiger partial charge on any atom is -0.288 e. The van der Waals surface area contributed by atoms with E-state index in [4.69, 9.17) is 0 Å². The van der Waals surface area contributed by atoms with E-state index in [2.05, 4.69) is 25.6 Å². The highest BCUT2D eigenvalue weighted by molar-refractivity contribution is 6.01. The molecule has 2 aromatic heterocycles. The van der Waals surface area contributed by atoms with Crippen molar-refractivity contribution in [3.63, 3.8) is 0 Å². The summed E-state index contributed by atoms with van der Waals surface area (Å²) in [6, 6.07) is 2.66. The summed E-state index contributed by atoms with van der Waals surface area (Å²) in [6.45, 7) is 0. The van der Waals surface area contributed by atoms with Crippen LogP contribution in [-0.4, -0.2) is 30.9 Å². The summed E-state index contributed by atoms with van der Waals surface area (Å²) >= 11 is 0. The highest BCUT2D eigenvalue weighted by Crippen LogP contribution is 2.34. The second-order valence-electron chi connectivity index (χ2n) is 4.81. The van der Waals surface area contributed by atoms with E-state index in [-0.39, 0.29) is 17.2 Å². The largest absolute Gasteiger partial charge is 0.288 e. The maximum Gasteiger partial charge on any atom is 0.278 e. The Morgan fingerprint density at radius 1 is 1.45 bits per heavy atom. The number of aromatic amines is 1. The lowest BCUT2D eigenvalue weighted by Crippen LogP contribution is -2.23. The molecule has 1 fully saturated rings. The maximum atomic E-state index is 12.0. The first-order chi connectivity index (χ1) is 9.63. The topological polar surface area (TPSA) is 106 Å². The highest BCUT2D eigenvalue weighted by Gasteiger charge is 2.23. The van der Waals surface area contributed by atoms with Crippen LogP contribution in [0, 0.1) is 0 Å². The van der Waals surface area contributed by atoms with E-state index in [1.807, 2.05) is 0 Å². The van der Waals surface area contributed by atoms with Crippen LogP contribution in [0.4, 0.5) is 5.95 Å². The van der Waals surface area contributed by atoms with Gasteiger partial charge in [0.1, 0.15) is 11.5 Å². The molecule has 8 heteroatoms. The van der Waals surface area contributed by atoms with E-state index in [9.17, 15) is 9.59 Å². The Morgan fingerprint density at radius 3 is 2.90 bits per heavy atom. The van der Waals surface area contributed by atoms with Crippen molar-refractivity contribution in [3.05, 3.63) is 34.0 Å². The van der Waals surface area contributed by atoms with E-state index in [0.29, 0.717) is 5.92 Å². The van der Waals surface area contributed by atoms with Gasteiger partial charge in [0.15, 0.2) is 0 Å². The highest BCUT2D eigenvalue weighted by atomic mass is 16.2. The van der Waals surface area contributed by atoms with Gasteiger partial charge in [-0.2, -0.15) is 10.1 Å². The Hall–Kier alpha value is -2.51. The number of hydrogen-bond donors (Lipinski definition) is 2. The van der Waals surface area contributed by atoms with Gasteiger partial charge >= 0.3 is 0 Å². The van der Waals surface area contributed by atoms with Crippen LogP contribution in [0.3, 0.4) is 0 Å². The van der Waals surface area contributed by atoms with Crippen LogP contribution in [0.25, 0.3) is 0 Å². The number of carbonyl (C=O) groups is 1. The molecule has 0 aromatic carbocycles. The van der Waals surface area contributed by atoms with Crippen LogP contribution < -0.4 is 10.9 Å². The lowest BCUT2D eigenvalue weighted by atomic mass is 9.85. The first-order valence-corrected chi connectivity index (χ1v) is 6.41. The Kier molecular flexibility index (Phi) is 3.05. The van der Waals surface area contributed by atoms with Crippen molar-refractivity contribution in [1.82, 2.24) is 25.0 Å². The van der Waals surface area contributed by atoms with Gasteiger partial charge in [0.05, 0.1) is 0 Å². The summed E-state index contributed by atoms with van der Waals surface area (Å²) in [6.07, 6.45) is 3.41. The molecule has 0 radical (unpaired) electrons. The molecule has 1 amide bonds. The van der Waals surface area contributed by atoms with E-state index >= 15 is 0 Å². The average molecular weight is 274 g/mol. The lowest BCUT2D eigenvalue weighted by Gasteiger charge is -2.22. The van der Waals surface area contributed by atoms with Gasteiger partial charge in [-0.3, -0.25) is 20.0 Å². The van der Waals surface area contributed by atoms with E-state index in [0.717, 1.165) is 23.3 Å². The van der Waals surface area contributed by atoms with Crippen molar-refractivity contribution in [2.75, 3.05) is 5.32 Å². The number of hydrogen-bond acceptors (Lipinski definition) is 5. The SMILES string of the molecule is Cn1nc(C(=O)Nc2n[nH]c(C3CCC3)n2)ccc1=O. The standard InChI is InChI=1S/C12H14N6O2/c1-18-9(19)6-5-8(17-18)11(20)14-12-13-10(15-16-12)7-3-2-4-7/h5-7H,2-4H2,1H3,(H2,13,14,15,16,20). The predicted octanol–water partition coefficient (Wildman–Crippen LogP) is 0.418. The Labute approximate surface area is 114 Å². The molecular weight excluding hydrogens is 260 g/mol. The van der Waals surface area contributed by atoms with Crippen molar-refractivity contribution in [3.8, 4) is 0 Å². The number of carbonyl (C=O) groups excluding carboxylic acids is 1. The number of aromatic nitrogens is 5. The van der Waals surface area contributed by atoms with Crippen LogP contribution in [0.5, 0.6) is 0 Å². The minimum absolute atomic E-state index is 0.141. The number of nitrogens with zero attached hydrogens (tertiary/aromatic N) is 4. The van der Waals surface area contributed by atoms with E-state index in [1.54, 1.807) is 0 Å². The third-order valence-electron chi connectivity index (χ3n) is 3.41. The molecule has 3 rings (SSSR count). The second kappa shape index (κ2) is 4.87. The van der Waals surface area contributed by atoms with Gasteiger partial charge in [-0.05, 0) is 18.9 Å². The Balaban J connectivity index is 1.73. The fourth-order valence-corrected chi connectivity index (χ4v) is 1.98. The minimum atomic E-state index is -0.445. The smallest absolute Gasteiger partial charge is 0.278 e. The number of rotatable bonds is 3. The number of amides is 1. The van der Waals surface area contributed by atoms with Crippen molar-refractivity contribution < 1.29 is 4.79 Å². The molecule has 2 N–H and O–H groups in total. The zero-order valence-electron chi connectivity index (χ0n) is 11.0. The Bertz CT molecular complexity index is 700. The van der Waals surface area contributed by atoms with Gasteiger partial charge in [-0.25, -0.2) is 4.68 Å². The van der Waals surface area contributed by atoms with Gasteiger partial charge in [0.25, 0.3) is 11.5 Å². The second-order valence-corrected chi connectivity index (χ2v) is 4.81. The first kappa shape index (κ1) is 12.5. The number of nitrogens with one attached hydrogen (secondary N) is 2. The quantitative estimate of drug-likeness (QED) is 0.843. The number of aryl methyl sites for hydroxylation is 1. The van der Waals surface area contributed by atoms with Gasteiger partial charge in [-0.15, -0.1) is 5.10 Å². The predicted molar refractivity (Wildman–Crippen MR) is 70.4 cm³/mol. The molecule has 0 bridgehead atoms. The van der Waals surface area contributed by atoms with E-state index in [1.165, 1.54) is 25.6 Å². The zero-order valence-corrected chi connectivity index (χ0v) is 11.0. The summed E-state index contributed by atoms with van der Waals surface area (Å²) in [5, 5.41) is 13.2. The molecule has 1 saturated carbocycles. The monoisotopic (exact) mass is 274 g/mol. The molecule has 8 nitrogen and oxygen atoms in total. The summed E-state index contributed by atoms with van der Waals surface area (Å²) < 4.78 is 1.10. The number of H-pyrrole nitrogens is 1. The molecule has 1 aliphatic carbocycles. The zero-order chi connectivity index (χ0) is 14.1. The van der Waals surface area contributed by atoms with Crippen LogP contribution in [0.1, 0.15) is 41.5 Å². The summed E-state index contributed by atoms with van der Waals surface area (Å²) in [5.74, 6) is 1.01. The normalized spacial score (nSPS) is 14.8. The van der Waals surface area contributed by atoms with Crippen LogP contribution in [0.2, 0.25) is 0 Å². The van der Waals surface area contributed by atoms with Crippen molar-refractivity contribution in [2.24, 2.45) is 7.05 Å². The maximum absolute atomic E-state index is 12.0. The van der Waals surface area contributed by atoms with E-state index < -0.39 is 5.91 Å². The van der Waals surface area contributed by atoms with Gasteiger partial charge in [0, 0.05) is 19.0 Å². The van der Waals surface area contributed by atoms with Crippen molar-refractivity contribution in [1.29, 1.82) is 0 Å². The first-order valence-electron chi connectivity index (χ1n) is 6.41. The molecule has 1 aliphatic rings. The molecule has 20 heavy (non-hydrogen) atoms. The lowest BCUT2D eigenvalue weighted by molar-refractivity contribution is 0.101. The summed E-state index contributed by atoms with van der Waals surface area (Å²) in [4.78, 5) is 27.4. The third-order valence-corrected chi connectivity index (χ3v) is 3.41. The van der Waals surface area contributed by atoms with Gasteiger partial charge in [0.2, 0.25) is 5.95 Å². The van der Waals surface area contributed by atoms with Crippen LogP contribution >= 0.6 is 0 Å². The molecule has 2 heterocycles. The fourth-order valence-electron chi connectivity index (χ4n) is 1.98. The molecule has 2 aromatic rings. The van der Waals surface area contributed by atoms with Crippen LogP contribution in [-0.2, 0) is 7.05 Å². The fraction of sp³-hybridized carbons (Fsp3) is 0.417. The van der Waals surface area contributed by atoms with Crippen molar-refractivity contribution in [2.45, 2.75) is 25.2 Å². The molecule has 0 atom stereocenters. The molecular formula is C12H14N6O2. The molecule has 104 valence electrons. The molecule has 0 saturated heterocycles. The molecule has 0 unspecified atom stereocenters. The van der Waals surface area contributed by atoms with Gasteiger partial charge < -0.3 is 0 Å². The summed E-state index contributed by atoms with van der Waals surface area (Å²) in [7, 11) is 1.49.